The number of hydrogen-bond donors (Lipinski definition) is 2. The third kappa shape index (κ3) is 4.13. The molecule has 7 nitrogen and oxygen atoms in total. The first-order valence-electron chi connectivity index (χ1n) is 9.96. The average Bonchev–Trinajstić information content (AvgIpc) is 3.44. The van der Waals surface area contributed by atoms with Gasteiger partial charge in [0, 0.05) is 57.7 Å². The number of para-hydroxylation sites is 1. The standard InChI is InChI=1S/C21H27N5O2/c27-20(19-7-4-9-22-19)24-11-13-25(14-12-24)21(28)23-15-17-8-10-26(16-17)18-5-2-1-3-6-18/h1-7,9,17,22H,8,10-16H2,(H,23,28). The number of nitrogens with one attached hydrogen (secondary N) is 2. The summed E-state index contributed by atoms with van der Waals surface area (Å²) in [4.78, 5) is 33.8. The molecule has 148 valence electrons. The Labute approximate surface area is 165 Å². The first-order valence-corrected chi connectivity index (χ1v) is 9.96. The van der Waals surface area contributed by atoms with Crippen molar-refractivity contribution >= 4 is 17.6 Å². The van der Waals surface area contributed by atoms with E-state index in [0.29, 0.717) is 44.3 Å². The van der Waals surface area contributed by atoms with Crippen molar-refractivity contribution in [3.05, 3.63) is 54.4 Å². The van der Waals surface area contributed by atoms with Crippen LogP contribution >= 0.6 is 0 Å². The first kappa shape index (κ1) is 18.4. The Morgan fingerprint density at radius 3 is 2.43 bits per heavy atom. The number of nitrogens with zero attached hydrogens (tertiary/aromatic N) is 3. The van der Waals surface area contributed by atoms with E-state index in [4.69, 9.17) is 0 Å². The summed E-state index contributed by atoms with van der Waals surface area (Å²) < 4.78 is 0. The van der Waals surface area contributed by atoms with Crippen LogP contribution in [0.25, 0.3) is 0 Å². The van der Waals surface area contributed by atoms with Crippen LogP contribution in [0.3, 0.4) is 0 Å². The number of hydrogen-bond acceptors (Lipinski definition) is 3. The zero-order valence-corrected chi connectivity index (χ0v) is 16.0. The summed E-state index contributed by atoms with van der Waals surface area (Å²) >= 11 is 0. The third-order valence-electron chi connectivity index (χ3n) is 5.63. The van der Waals surface area contributed by atoms with Gasteiger partial charge in [0.05, 0.1) is 0 Å². The molecule has 2 N–H and O–H groups in total. The van der Waals surface area contributed by atoms with Crippen molar-refractivity contribution in [2.45, 2.75) is 6.42 Å². The third-order valence-corrected chi connectivity index (χ3v) is 5.63. The minimum atomic E-state index is -0.0230. The van der Waals surface area contributed by atoms with E-state index in [2.05, 4.69) is 39.5 Å². The molecule has 0 radical (unpaired) electrons. The molecule has 2 aliphatic rings. The predicted molar refractivity (Wildman–Crippen MR) is 108 cm³/mol. The molecule has 2 aromatic rings. The average molecular weight is 381 g/mol. The molecule has 0 aliphatic carbocycles. The minimum absolute atomic E-state index is 0.00276. The quantitative estimate of drug-likeness (QED) is 0.851. The predicted octanol–water partition coefficient (Wildman–Crippen LogP) is 2.01. The smallest absolute Gasteiger partial charge is 0.317 e. The highest BCUT2D eigenvalue weighted by molar-refractivity contribution is 5.92. The highest BCUT2D eigenvalue weighted by Gasteiger charge is 2.27. The molecule has 3 amide bonds. The van der Waals surface area contributed by atoms with Gasteiger partial charge in [-0.1, -0.05) is 18.2 Å². The summed E-state index contributed by atoms with van der Waals surface area (Å²) in [5, 5.41) is 3.09. The second kappa shape index (κ2) is 8.37. The van der Waals surface area contributed by atoms with Crippen molar-refractivity contribution in [1.82, 2.24) is 20.1 Å². The number of amides is 3. The Bertz CT molecular complexity index is 784. The molecule has 2 fully saturated rings. The van der Waals surface area contributed by atoms with E-state index in [9.17, 15) is 9.59 Å². The van der Waals surface area contributed by atoms with Gasteiger partial charge in [0.25, 0.3) is 5.91 Å². The molecule has 0 spiro atoms. The number of aromatic amines is 1. The summed E-state index contributed by atoms with van der Waals surface area (Å²) in [7, 11) is 0. The normalized spacial score (nSPS) is 19.7. The van der Waals surface area contributed by atoms with Gasteiger partial charge < -0.3 is 25.0 Å². The molecular weight excluding hydrogens is 354 g/mol. The molecule has 3 heterocycles. The zero-order valence-electron chi connectivity index (χ0n) is 16.0. The Hall–Kier alpha value is -2.96. The maximum absolute atomic E-state index is 12.5. The van der Waals surface area contributed by atoms with E-state index in [1.807, 2.05) is 17.0 Å². The molecule has 0 bridgehead atoms. The number of benzene rings is 1. The highest BCUT2D eigenvalue weighted by atomic mass is 16.2. The van der Waals surface area contributed by atoms with Gasteiger partial charge >= 0.3 is 6.03 Å². The SMILES string of the molecule is O=C(NCC1CCN(c2ccccc2)C1)N1CCN(C(=O)c2ccc[nH]2)CC1. The summed E-state index contributed by atoms with van der Waals surface area (Å²) in [5.41, 5.74) is 1.85. The van der Waals surface area contributed by atoms with Gasteiger partial charge in [-0.2, -0.15) is 0 Å². The number of piperazine rings is 1. The molecule has 7 heteroatoms. The van der Waals surface area contributed by atoms with E-state index in [1.165, 1.54) is 5.69 Å². The lowest BCUT2D eigenvalue weighted by molar-refractivity contribution is 0.0659. The molecule has 1 unspecified atom stereocenters. The molecule has 1 aromatic carbocycles. The summed E-state index contributed by atoms with van der Waals surface area (Å²) in [5.74, 6) is 0.469. The molecular formula is C21H27N5O2. The summed E-state index contributed by atoms with van der Waals surface area (Å²) in [6.45, 7) is 4.97. The lowest BCUT2D eigenvalue weighted by atomic mass is 10.1. The fourth-order valence-electron chi connectivity index (χ4n) is 3.96. The summed E-state index contributed by atoms with van der Waals surface area (Å²) in [6.07, 6.45) is 2.84. The van der Waals surface area contributed by atoms with Crippen LogP contribution in [0.15, 0.2) is 48.7 Å². The van der Waals surface area contributed by atoms with E-state index in [0.717, 1.165) is 19.5 Å². The fourth-order valence-corrected chi connectivity index (χ4v) is 3.96. The number of aromatic nitrogens is 1. The van der Waals surface area contributed by atoms with Crippen molar-refractivity contribution in [3.63, 3.8) is 0 Å². The fraction of sp³-hybridized carbons (Fsp3) is 0.429. The van der Waals surface area contributed by atoms with Gasteiger partial charge in [0.15, 0.2) is 0 Å². The maximum Gasteiger partial charge on any atom is 0.317 e. The van der Waals surface area contributed by atoms with Gasteiger partial charge in [0.1, 0.15) is 5.69 Å². The maximum atomic E-state index is 12.5. The molecule has 28 heavy (non-hydrogen) atoms. The van der Waals surface area contributed by atoms with Crippen molar-refractivity contribution < 1.29 is 9.59 Å². The minimum Gasteiger partial charge on any atom is -0.371 e. The largest absolute Gasteiger partial charge is 0.371 e. The lowest BCUT2D eigenvalue weighted by Gasteiger charge is -2.34. The van der Waals surface area contributed by atoms with Crippen molar-refractivity contribution in [1.29, 1.82) is 0 Å². The van der Waals surface area contributed by atoms with Crippen molar-refractivity contribution in [2.75, 3.05) is 50.7 Å². The molecule has 1 atom stereocenters. The Morgan fingerprint density at radius 1 is 0.964 bits per heavy atom. The van der Waals surface area contributed by atoms with Crippen LogP contribution in [-0.4, -0.2) is 72.5 Å². The van der Waals surface area contributed by atoms with Crippen molar-refractivity contribution in [3.8, 4) is 0 Å². The number of carbonyl (C=O) groups is 2. The van der Waals surface area contributed by atoms with Crippen molar-refractivity contribution in [2.24, 2.45) is 5.92 Å². The first-order chi connectivity index (χ1) is 13.7. The molecule has 2 saturated heterocycles. The van der Waals surface area contributed by atoms with E-state index >= 15 is 0 Å². The summed E-state index contributed by atoms with van der Waals surface area (Å²) in [6, 6.07) is 14.0. The van der Waals surface area contributed by atoms with Crippen LogP contribution in [0.2, 0.25) is 0 Å². The van der Waals surface area contributed by atoms with Crippen LogP contribution in [0.4, 0.5) is 10.5 Å². The number of urea groups is 1. The van der Waals surface area contributed by atoms with Gasteiger partial charge in [-0.15, -0.1) is 0 Å². The zero-order chi connectivity index (χ0) is 19.3. The van der Waals surface area contributed by atoms with Crippen LogP contribution in [0.1, 0.15) is 16.9 Å². The lowest BCUT2D eigenvalue weighted by Crippen LogP contribution is -2.53. The second-order valence-corrected chi connectivity index (χ2v) is 7.49. The van der Waals surface area contributed by atoms with Gasteiger partial charge in [-0.05, 0) is 36.6 Å². The van der Waals surface area contributed by atoms with E-state index in [-0.39, 0.29) is 11.9 Å². The number of H-pyrrole nitrogens is 1. The van der Waals surface area contributed by atoms with E-state index < -0.39 is 0 Å². The van der Waals surface area contributed by atoms with E-state index in [1.54, 1.807) is 17.2 Å². The van der Waals surface area contributed by atoms with Crippen LogP contribution in [0, 0.1) is 5.92 Å². The molecule has 4 rings (SSSR count). The second-order valence-electron chi connectivity index (χ2n) is 7.49. The topological polar surface area (TPSA) is 71.7 Å². The Balaban J connectivity index is 1.20. The number of rotatable bonds is 4. The van der Waals surface area contributed by atoms with Gasteiger partial charge in [0.2, 0.25) is 0 Å². The van der Waals surface area contributed by atoms with Gasteiger partial charge in [-0.25, -0.2) is 4.79 Å². The van der Waals surface area contributed by atoms with Crippen LogP contribution in [0.5, 0.6) is 0 Å². The Morgan fingerprint density at radius 2 is 1.71 bits per heavy atom. The monoisotopic (exact) mass is 381 g/mol. The molecule has 1 aromatic heterocycles. The van der Waals surface area contributed by atoms with Gasteiger partial charge in [-0.3, -0.25) is 4.79 Å². The molecule has 2 aliphatic heterocycles. The van der Waals surface area contributed by atoms with Crippen LogP contribution < -0.4 is 10.2 Å². The molecule has 0 saturated carbocycles. The highest BCUT2D eigenvalue weighted by Crippen LogP contribution is 2.23. The Kier molecular flexibility index (Phi) is 5.50. The number of carbonyl (C=O) groups excluding carboxylic acids is 2. The number of anilines is 1. The van der Waals surface area contributed by atoms with Crippen LogP contribution in [-0.2, 0) is 0 Å².